The lowest BCUT2D eigenvalue weighted by molar-refractivity contribution is 0.122. The number of morpholine rings is 1. The number of aromatic amines is 1. The molecule has 0 radical (unpaired) electrons. The van der Waals surface area contributed by atoms with Crippen molar-refractivity contribution >= 4 is 28.7 Å². The number of rotatable bonds is 4. The van der Waals surface area contributed by atoms with E-state index in [9.17, 15) is 0 Å². The van der Waals surface area contributed by atoms with Gasteiger partial charge < -0.3 is 25.0 Å². The molecule has 3 N–H and O–H groups in total. The molecule has 29 heavy (non-hydrogen) atoms. The van der Waals surface area contributed by atoms with Crippen LogP contribution in [0.4, 0.5) is 17.1 Å². The van der Waals surface area contributed by atoms with Crippen molar-refractivity contribution < 1.29 is 9.47 Å². The van der Waals surface area contributed by atoms with Crippen LogP contribution in [0.5, 0.6) is 5.75 Å². The molecule has 2 aromatic carbocycles. The summed E-state index contributed by atoms with van der Waals surface area (Å²) in [7, 11) is 1.60. The summed E-state index contributed by atoms with van der Waals surface area (Å²) in [6, 6.07) is 14.1. The average Bonchev–Trinajstić information content (AvgIpc) is 3.41. The maximum atomic E-state index is 6.25. The zero-order valence-corrected chi connectivity index (χ0v) is 16.8. The van der Waals surface area contributed by atoms with Crippen LogP contribution in [0.15, 0.2) is 42.5 Å². The van der Waals surface area contributed by atoms with E-state index in [1.807, 2.05) is 24.3 Å². The summed E-state index contributed by atoms with van der Waals surface area (Å²) in [5.74, 6) is 0.650. The second-order valence-electron chi connectivity index (χ2n) is 7.11. The van der Waals surface area contributed by atoms with Gasteiger partial charge in [-0.05, 0) is 42.5 Å². The minimum atomic E-state index is -0.0695. The lowest BCUT2D eigenvalue weighted by atomic mass is 10.1. The van der Waals surface area contributed by atoms with Crippen LogP contribution >= 0.6 is 11.6 Å². The number of fused-ring (bicyclic) bond motifs is 1. The fraction of sp³-hybridized carbons (Fsp3) is 0.286. The maximum Gasteiger partial charge on any atom is 0.140 e. The molecule has 7 nitrogen and oxygen atoms in total. The molecule has 1 unspecified atom stereocenters. The third-order valence-electron chi connectivity index (χ3n) is 5.34. The molecular formula is C21H22ClN5O2. The third-order valence-corrected chi connectivity index (χ3v) is 5.63. The summed E-state index contributed by atoms with van der Waals surface area (Å²) in [4.78, 5) is 2.35. The molecular weight excluding hydrogens is 390 g/mol. The molecule has 5 rings (SSSR count). The molecule has 0 aliphatic carbocycles. The summed E-state index contributed by atoms with van der Waals surface area (Å²) in [5.41, 5.74) is 6.09. The predicted molar refractivity (Wildman–Crippen MR) is 115 cm³/mol. The smallest absolute Gasteiger partial charge is 0.140 e. The Balaban J connectivity index is 1.34. The van der Waals surface area contributed by atoms with Gasteiger partial charge in [-0.1, -0.05) is 11.6 Å². The second kappa shape index (κ2) is 7.50. The number of hydrogen-bond donors (Lipinski definition) is 3. The van der Waals surface area contributed by atoms with Crippen LogP contribution in [0.2, 0.25) is 5.02 Å². The van der Waals surface area contributed by atoms with Gasteiger partial charge in [-0.2, -0.15) is 5.10 Å². The number of hydrogen-bond acceptors (Lipinski definition) is 6. The largest absolute Gasteiger partial charge is 0.495 e. The summed E-state index contributed by atoms with van der Waals surface area (Å²) < 4.78 is 10.7. The van der Waals surface area contributed by atoms with E-state index < -0.39 is 0 Å². The number of methoxy groups -OCH3 is 1. The Hall–Kier alpha value is -2.90. The molecule has 1 saturated heterocycles. The van der Waals surface area contributed by atoms with Gasteiger partial charge in [0.1, 0.15) is 11.9 Å². The predicted octanol–water partition coefficient (Wildman–Crippen LogP) is 4.11. The highest BCUT2D eigenvalue weighted by atomic mass is 35.5. The van der Waals surface area contributed by atoms with Gasteiger partial charge in [0.05, 0.1) is 48.1 Å². The number of halogens is 1. The third kappa shape index (κ3) is 3.47. The first-order valence-electron chi connectivity index (χ1n) is 9.60. The number of nitrogens with one attached hydrogen (secondary N) is 3. The first-order valence-corrected chi connectivity index (χ1v) is 9.98. The monoisotopic (exact) mass is 411 g/mol. The number of anilines is 3. The lowest BCUT2D eigenvalue weighted by Crippen LogP contribution is -2.36. The van der Waals surface area contributed by atoms with Gasteiger partial charge in [0.2, 0.25) is 0 Å². The summed E-state index contributed by atoms with van der Waals surface area (Å²) in [6.07, 6.45) is -0.0695. The van der Waals surface area contributed by atoms with E-state index in [-0.39, 0.29) is 6.17 Å². The number of ether oxygens (including phenoxy) is 2. The van der Waals surface area contributed by atoms with E-state index in [0.717, 1.165) is 54.6 Å². The molecule has 0 saturated carbocycles. The fourth-order valence-corrected chi connectivity index (χ4v) is 4.01. The van der Waals surface area contributed by atoms with Crippen molar-refractivity contribution in [2.45, 2.75) is 6.17 Å². The van der Waals surface area contributed by atoms with Gasteiger partial charge in [0, 0.05) is 24.3 Å². The number of aromatic nitrogens is 2. The Kier molecular flexibility index (Phi) is 4.69. The first kappa shape index (κ1) is 18.1. The number of benzene rings is 2. The van der Waals surface area contributed by atoms with Crippen molar-refractivity contribution in [3.8, 4) is 17.0 Å². The molecule has 1 fully saturated rings. The highest BCUT2D eigenvalue weighted by Crippen LogP contribution is 2.38. The second-order valence-corrected chi connectivity index (χ2v) is 7.52. The molecule has 2 aliphatic rings. The molecule has 3 heterocycles. The molecule has 1 aromatic heterocycles. The highest BCUT2D eigenvalue weighted by molar-refractivity contribution is 6.32. The van der Waals surface area contributed by atoms with Crippen molar-refractivity contribution in [3.63, 3.8) is 0 Å². The highest BCUT2D eigenvalue weighted by Gasteiger charge is 2.24. The molecule has 0 spiro atoms. The van der Waals surface area contributed by atoms with Crippen molar-refractivity contribution in [3.05, 3.63) is 53.2 Å². The Morgan fingerprint density at radius 1 is 1.07 bits per heavy atom. The van der Waals surface area contributed by atoms with Crippen molar-refractivity contribution in [1.82, 2.24) is 10.2 Å². The van der Waals surface area contributed by atoms with E-state index in [1.165, 1.54) is 5.69 Å². The zero-order valence-electron chi connectivity index (χ0n) is 16.0. The summed E-state index contributed by atoms with van der Waals surface area (Å²) in [5, 5.41) is 15.2. The van der Waals surface area contributed by atoms with Gasteiger partial charge >= 0.3 is 0 Å². The van der Waals surface area contributed by atoms with Crippen molar-refractivity contribution in [1.29, 1.82) is 0 Å². The van der Waals surface area contributed by atoms with E-state index >= 15 is 0 Å². The van der Waals surface area contributed by atoms with Gasteiger partial charge in [-0.3, -0.25) is 5.10 Å². The van der Waals surface area contributed by atoms with E-state index in [2.05, 4.69) is 43.9 Å². The lowest BCUT2D eigenvalue weighted by Gasteiger charge is -2.29. The summed E-state index contributed by atoms with van der Waals surface area (Å²) >= 11 is 6.25. The van der Waals surface area contributed by atoms with Gasteiger partial charge in [0.25, 0.3) is 0 Å². The molecule has 8 heteroatoms. The van der Waals surface area contributed by atoms with Crippen LogP contribution in [0.25, 0.3) is 11.3 Å². The fourth-order valence-electron chi connectivity index (χ4n) is 3.76. The van der Waals surface area contributed by atoms with Gasteiger partial charge in [0.15, 0.2) is 0 Å². The van der Waals surface area contributed by atoms with Crippen molar-refractivity contribution in [2.24, 2.45) is 0 Å². The average molecular weight is 412 g/mol. The van der Waals surface area contributed by atoms with Gasteiger partial charge in [-0.15, -0.1) is 0 Å². The standard InChI is InChI=1S/C21H22ClN5O2/c1-28-20-5-2-13(10-15(20)22)17-12-19(26-25-17)21-23-16-4-3-14(11-18(16)24-21)27-6-8-29-9-7-27/h2-5,10-12,21,23-24H,6-9H2,1H3,(H,25,26). The Morgan fingerprint density at radius 3 is 2.69 bits per heavy atom. The normalized spacial score (nSPS) is 18.1. The van der Waals surface area contributed by atoms with E-state index in [4.69, 9.17) is 21.1 Å². The van der Waals surface area contributed by atoms with Crippen molar-refractivity contribution in [2.75, 3.05) is 48.9 Å². The quantitative estimate of drug-likeness (QED) is 0.600. The van der Waals surface area contributed by atoms with E-state index in [1.54, 1.807) is 7.11 Å². The SMILES string of the molecule is COc1ccc(-c2cc(C3Nc4ccc(N5CCOCC5)cc4N3)[nH]n2)cc1Cl. The van der Waals surface area contributed by atoms with Crippen LogP contribution in [0.1, 0.15) is 11.9 Å². The van der Waals surface area contributed by atoms with Crippen LogP contribution in [-0.4, -0.2) is 43.6 Å². The molecule has 1 atom stereocenters. The number of H-pyrrole nitrogens is 1. The zero-order chi connectivity index (χ0) is 19.8. The topological polar surface area (TPSA) is 74.4 Å². The molecule has 0 bridgehead atoms. The van der Waals surface area contributed by atoms with Crippen LogP contribution in [0, 0.1) is 0 Å². The Bertz CT molecular complexity index is 1030. The first-order chi connectivity index (χ1) is 14.2. The molecule has 0 amide bonds. The Morgan fingerprint density at radius 2 is 1.90 bits per heavy atom. The summed E-state index contributed by atoms with van der Waals surface area (Å²) in [6.45, 7) is 3.39. The van der Waals surface area contributed by atoms with Crippen LogP contribution in [0.3, 0.4) is 0 Å². The molecule has 2 aliphatic heterocycles. The van der Waals surface area contributed by atoms with Crippen LogP contribution < -0.4 is 20.3 Å². The maximum absolute atomic E-state index is 6.25. The minimum Gasteiger partial charge on any atom is -0.495 e. The van der Waals surface area contributed by atoms with Crippen LogP contribution in [-0.2, 0) is 4.74 Å². The minimum absolute atomic E-state index is 0.0695. The number of nitrogens with zero attached hydrogens (tertiary/aromatic N) is 2. The molecule has 150 valence electrons. The molecule has 3 aromatic rings. The van der Waals surface area contributed by atoms with E-state index in [0.29, 0.717) is 10.8 Å². The van der Waals surface area contributed by atoms with Gasteiger partial charge in [-0.25, -0.2) is 0 Å². The Labute approximate surface area is 174 Å².